The van der Waals surface area contributed by atoms with Gasteiger partial charge in [-0.1, -0.05) is 30.3 Å². The number of aromatic nitrogens is 1. The van der Waals surface area contributed by atoms with Crippen molar-refractivity contribution >= 4 is 5.91 Å². The summed E-state index contributed by atoms with van der Waals surface area (Å²) in [5.74, 6) is 1.36. The van der Waals surface area contributed by atoms with Crippen molar-refractivity contribution in [3.63, 3.8) is 0 Å². The third-order valence-electron chi connectivity index (χ3n) is 4.17. The van der Waals surface area contributed by atoms with Gasteiger partial charge in [0.15, 0.2) is 0 Å². The first-order valence-electron chi connectivity index (χ1n) is 8.60. The largest absolute Gasteiger partial charge is 0.497 e. The molecule has 3 aromatic rings. The Kier molecular flexibility index (Phi) is 5.69. The molecular weight excluding hydrogens is 328 g/mol. The molecule has 3 rings (SSSR count). The van der Waals surface area contributed by atoms with Crippen molar-refractivity contribution in [2.75, 3.05) is 13.7 Å². The van der Waals surface area contributed by atoms with Crippen molar-refractivity contribution in [3.05, 3.63) is 72.1 Å². The Morgan fingerprint density at radius 1 is 1.12 bits per heavy atom. The summed E-state index contributed by atoms with van der Waals surface area (Å²) < 4.78 is 10.7. The fraction of sp³-hybridized carbons (Fsp3) is 0.238. The Morgan fingerprint density at radius 2 is 1.85 bits per heavy atom. The van der Waals surface area contributed by atoms with Gasteiger partial charge in [-0.15, -0.1) is 0 Å². The molecule has 0 aliphatic heterocycles. The van der Waals surface area contributed by atoms with E-state index in [0.29, 0.717) is 24.7 Å². The standard InChI is InChI=1S/C21H22N2O3/c1-3-23(14-16-9-11-19(25-2)12-10-16)20(24)13-18-15-26-21(22-18)17-7-5-4-6-8-17/h4-12,15H,3,13-14H2,1-2H3. The molecule has 0 radical (unpaired) electrons. The van der Waals surface area contributed by atoms with Crippen molar-refractivity contribution in [1.82, 2.24) is 9.88 Å². The van der Waals surface area contributed by atoms with Gasteiger partial charge in [0.1, 0.15) is 12.0 Å². The number of nitrogens with zero attached hydrogens (tertiary/aromatic N) is 2. The number of methoxy groups -OCH3 is 1. The Hall–Kier alpha value is -3.08. The number of carbonyl (C=O) groups excluding carboxylic acids is 1. The van der Waals surface area contributed by atoms with Crippen molar-refractivity contribution in [2.45, 2.75) is 19.9 Å². The lowest BCUT2D eigenvalue weighted by atomic mass is 10.2. The van der Waals surface area contributed by atoms with E-state index in [-0.39, 0.29) is 12.3 Å². The highest BCUT2D eigenvalue weighted by Crippen LogP contribution is 2.19. The molecule has 1 aromatic heterocycles. The summed E-state index contributed by atoms with van der Waals surface area (Å²) in [4.78, 5) is 18.9. The molecular formula is C21H22N2O3. The van der Waals surface area contributed by atoms with E-state index >= 15 is 0 Å². The van der Waals surface area contributed by atoms with Crippen LogP contribution in [0.5, 0.6) is 5.75 Å². The molecule has 0 aliphatic rings. The second kappa shape index (κ2) is 8.34. The number of hydrogen-bond acceptors (Lipinski definition) is 4. The lowest BCUT2D eigenvalue weighted by Gasteiger charge is -2.20. The molecule has 134 valence electrons. The van der Waals surface area contributed by atoms with E-state index in [9.17, 15) is 4.79 Å². The first-order valence-corrected chi connectivity index (χ1v) is 8.60. The van der Waals surface area contributed by atoms with Gasteiger partial charge in [-0.05, 0) is 36.8 Å². The molecule has 0 aliphatic carbocycles. The maximum absolute atomic E-state index is 12.6. The smallest absolute Gasteiger partial charge is 0.229 e. The quantitative estimate of drug-likeness (QED) is 0.648. The van der Waals surface area contributed by atoms with Crippen LogP contribution in [0.25, 0.3) is 11.5 Å². The molecule has 0 fully saturated rings. The molecule has 0 unspecified atom stereocenters. The lowest BCUT2D eigenvalue weighted by Crippen LogP contribution is -2.31. The van der Waals surface area contributed by atoms with Crippen molar-refractivity contribution in [3.8, 4) is 17.2 Å². The molecule has 0 saturated heterocycles. The van der Waals surface area contributed by atoms with E-state index in [0.717, 1.165) is 16.9 Å². The molecule has 1 heterocycles. The number of rotatable bonds is 7. The maximum atomic E-state index is 12.6. The molecule has 0 N–H and O–H groups in total. The zero-order valence-corrected chi connectivity index (χ0v) is 15.0. The van der Waals surface area contributed by atoms with Gasteiger partial charge in [-0.3, -0.25) is 4.79 Å². The average molecular weight is 350 g/mol. The molecule has 0 saturated carbocycles. The molecule has 0 bridgehead atoms. The molecule has 0 spiro atoms. The fourth-order valence-corrected chi connectivity index (χ4v) is 2.70. The van der Waals surface area contributed by atoms with Crippen LogP contribution < -0.4 is 4.74 Å². The summed E-state index contributed by atoms with van der Waals surface area (Å²) in [6, 6.07) is 17.4. The Balaban J connectivity index is 1.64. The van der Waals surface area contributed by atoms with Crippen molar-refractivity contribution in [2.24, 2.45) is 0 Å². The van der Waals surface area contributed by atoms with Crippen LogP contribution >= 0.6 is 0 Å². The van der Waals surface area contributed by atoms with E-state index in [1.54, 1.807) is 18.3 Å². The highest BCUT2D eigenvalue weighted by atomic mass is 16.5. The fourth-order valence-electron chi connectivity index (χ4n) is 2.70. The van der Waals surface area contributed by atoms with Crippen LogP contribution in [0.4, 0.5) is 0 Å². The summed E-state index contributed by atoms with van der Waals surface area (Å²) in [5.41, 5.74) is 2.60. The molecule has 5 nitrogen and oxygen atoms in total. The first-order chi connectivity index (χ1) is 12.7. The zero-order chi connectivity index (χ0) is 18.4. The minimum atomic E-state index is 0.0243. The number of amides is 1. The van der Waals surface area contributed by atoms with Gasteiger partial charge >= 0.3 is 0 Å². The van der Waals surface area contributed by atoms with Gasteiger partial charge in [-0.2, -0.15) is 0 Å². The predicted octanol–water partition coefficient (Wildman–Crippen LogP) is 3.94. The van der Waals surface area contributed by atoms with Crippen LogP contribution in [0.1, 0.15) is 18.2 Å². The topological polar surface area (TPSA) is 55.6 Å². The summed E-state index contributed by atoms with van der Waals surface area (Å²) in [5, 5.41) is 0. The van der Waals surface area contributed by atoms with Gasteiger partial charge in [0, 0.05) is 18.7 Å². The SMILES string of the molecule is CCN(Cc1ccc(OC)cc1)C(=O)Cc1coc(-c2ccccc2)n1. The van der Waals surface area contributed by atoms with Gasteiger partial charge in [0.25, 0.3) is 0 Å². The Bertz CT molecular complexity index is 841. The summed E-state index contributed by atoms with van der Waals surface area (Å²) >= 11 is 0. The van der Waals surface area contributed by atoms with Crippen LogP contribution in [0.15, 0.2) is 65.3 Å². The van der Waals surface area contributed by atoms with Gasteiger partial charge < -0.3 is 14.1 Å². The van der Waals surface area contributed by atoms with Crippen LogP contribution in [-0.2, 0) is 17.8 Å². The van der Waals surface area contributed by atoms with E-state index in [2.05, 4.69) is 4.98 Å². The van der Waals surface area contributed by atoms with Crippen LogP contribution in [0.3, 0.4) is 0 Å². The van der Waals surface area contributed by atoms with Crippen LogP contribution in [-0.4, -0.2) is 29.4 Å². The maximum Gasteiger partial charge on any atom is 0.229 e. The van der Waals surface area contributed by atoms with E-state index in [4.69, 9.17) is 9.15 Å². The second-order valence-corrected chi connectivity index (χ2v) is 5.94. The minimum absolute atomic E-state index is 0.0243. The highest BCUT2D eigenvalue weighted by Gasteiger charge is 2.16. The molecule has 26 heavy (non-hydrogen) atoms. The number of carbonyl (C=O) groups is 1. The highest BCUT2D eigenvalue weighted by molar-refractivity contribution is 5.78. The summed E-state index contributed by atoms with van der Waals surface area (Å²) in [6.45, 7) is 3.16. The Morgan fingerprint density at radius 3 is 2.50 bits per heavy atom. The second-order valence-electron chi connectivity index (χ2n) is 5.94. The summed E-state index contributed by atoms with van der Waals surface area (Å²) in [7, 11) is 1.64. The molecule has 1 amide bonds. The number of hydrogen-bond donors (Lipinski definition) is 0. The number of ether oxygens (including phenoxy) is 1. The van der Waals surface area contributed by atoms with Gasteiger partial charge in [0.2, 0.25) is 11.8 Å². The first kappa shape index (κ1) is 17.7. The predicted molar refractivity (Wildman–Crippen MR) is 99.7 cm³/mol. The van der Waals surface area contributed by atoms with Crippen LogP contribution in [0.2, 0.25) is 0 Å². The van der Waals surface area contributed by atoms with Crippen LogP contribution in [0, 0.1) is 0 Å². The lowest BCUT2D eigenvalue weighted by molar-refractivity contribution is -0.130. The monoisotopic (exact) mass is 350 g/mol. The third kappa shape index (κ3) is 4.30. The number of likely N-dealkylation sites (N-methyl/N-ethyl adjacent to an activating group) is 1. The molecule has 5 heteroatoms. The molecule has 0 atom stereocenters. The zero-order valence-electron chi connectivity index (χ0n) is 15.0. The van der Waals surface area contributed by atoms with Crippen molar-refractivity contribution in [1.29, 1.82) is 0 Å². The van der Waals surface area contributed by atoms with Crippen molar-refractivity contribution < 1.29 is 13.9 Å². The normalized spacial score (nSPS) is 10.5. The van der Waals surface area contributed by atoms with E-state index < -0.39 is 0 Å². The van der Waals surface area contributed by atoms with Gasteiger partial charge in [0.05, 0.1) is 19.2 Å². The summed E-state index contributed by atoms with van der Waals surface area (Å²) in [6.07, 6.45) is 1.78. The van der Waals surface area contributed by atoms with E-state index in [1.165, 1.54) is 0 Å². The Labute approximate surface area is 153 Å². The van der Waals surface area contributed by atoms with Gasteiger partial charge in [-0.25, -0.2) is 4.98 Å². The third-order valence-corrected chi connectivity index (χ3v) is 4.17. The minimum Gasteiger partial charge on any atom is -0.497 e. The molecule has 2 aromatic carbocycles. The number of benzene rings is 2. The van der Waals surface area contributed by atoms with E-state index in [1.807, 2.05) is 61.5 Å². The average Bonchev–Trinajstić information content (AvgIpc) is 3.15. The number of oxazole rings is 1.